The highest BCUT2D eigenvalue weighted by molar-refractivity contribution is 5.77. The quantitative estimate of drug-likeness (QED) is 0.635. The Hall–Kier alpha value is -2.15. The van der Waals surface area contributed by atoms with Gasteiger partial charge >= 0.3 is 0 Å². The van der Waals surface area contributed by atoms with E-state index in [0.29, 0.717) is 11.1 Å². The van der Waals surface area contributed by atoms with Crippen LogP contribution in [0.4, 0.5) is 11.7 Å². The van der Waals surface area contributed by atoms with Gasteiger partial charge in [0.1, 0.15) is 5.52 Å². The SMILES string of the molecule is CC(C)(CO)Nc1nc2cc([N+](=O)[O-])ccc2o1. The second-order valence-corrected chi connectivity index (χ2v) is 4.60. The van der Waals surface area contributed by atoms with Gasteiger partial charge in [0.15, 0.2) is 5.58 Å². The minimum atomic E-state index is -0.577. The van der Waals surface area contributed by atoms with Crippen molar-refractivity contribution in [3.05, 3.63) is 28.3 Å². The van der Waals surface area contributed by atoms with E-state index in [9.17, 15) is 10.1 Å². The topological polar surface area (TPSA) is 101 Å². The predicted octanol–water partition coefficient (Wildman–Crippen LogP) is 1.92. The van der Waals surface area contributed by atoms with Gasteiger partial charge in [0.25, 0.3) is 11.7 Å². The molecule has 1 heterocycles. The molecule has 0 spiro atoms. The zero-order valence-corrected chi connectivity index (χ0v) is 10.0. The van der Waals surface area contributed by atoms with E-state index >= 15 is 0 Å². The lowest BCUT2D eigenvalue weighted by Crippen LogP contribution is -2.34. The fourth-order valence-corrected chi connectivity index (χ4v) is 1.41. The molecule has 2 rings (SSSR count). The van der Waals surface area contributed by atoms with Crippen LogP contribution >= 0.6 is 0 Å². The summed E-state index contributed by atoms with van der Waals surface area (Å²) < 4.78 is 5.38. The van der Waals surface area contributed by atoms with Crippen molar-refractivity contribution in [3.63, 3.8) is 0 Å². The molecule has 2 aromatic rings. The summed E-state index contributed by atoms with van der Waals surface area (Å²) in [4.78, 5) is 14.2. The molecule has 0 atom stereocenters. The Morgan fingerprint density at radius 1 is 1.56 bits per heavy atom. The Kier molecular flexibility index (Phi) is 2.92. The number of non-ortho nitro benzene ring substituents is 1. The number of aliphatic hydroxyl groups is 1. The first-order valence-electron chi connectivity index (χ1n) is 5.35. The minimum absolute atomic E-state index is 0.0382. The van der Waals surface area contributed by atoms with Gasteiger partial charge < -0.3 is 14.8 Å². The van der Waals surface area contributed by atoms with Gasteiger partial charge in [0.05, 0.1) is 17.1 Å². The van der Waals surface area contributed by atoms with Gasteiger partial charge in [-0.3, -0.25) is 10.1 Å². The molecular formula is C11H13N3O4. The molecule has 7 nitrogen and oxygen atoms in total. The molecular weight excluding hydrogens is 238 g/mol. The van der Waals surface area contributed by atoms with Gasteiger partial charge in [-0.1, -0.05) is 0 Å². The predicted molar refractivity (Wildman–Crippen MR) is 65.5 cm³/mol. The summed E-state index contributed by atoms with van der Waals surface area (Å²) in [5.41, 5.74) is 0.244. The molecule has 0 saturated heterocycles. The highest BCUT2D eigenvalue weighted by atomic mass is 16.6. The minimum Gasteiger partial charge on any atom is -0.424 e. The molecule has 0 amide bonds. The van der Waals surface area contributed by atoms with Crippen LogP contribution in [0.1, 0.15) is 13.8 Å². The molecule has 1 aromatic carbocycles. The first kappa shape index (κ1) is 12.3. The Labute approximate surface area is 103 Å². The van der Waals surface area contributed by atoms with Crippen molar-refractivity contribution >= 4 is 22.8 Å². The van der Waals surface area contributed by atoms with Crippen molar-refractivity contribution in [1.82, 2.24) is 4.98 Å². The standard InChI is InChI=1S/C11H13N3O4/c1-11(2,6-15)13-10-12-8-5-7(14(16)17)3-4-9(8)18-10/h3-5,15H,6H2,1-2H3,(H,12,13). The van der Waals surface area contributed by atoms with E-state index in [-0.39, 0.29) is 18.3 Å². The van der Waals surface area contributed by atoms with Gasteiger partial charge in [-0.05, 0) is 19.9 Å². The van der Waals surface area contributed by atoms with Crippen molar-refractivity contribution < 1.29 is 14.4 Å². The van der Waals surface area contributed by atoms with Gasteiger partial charge in [0, 0.05) is 12.1 Å². The fraction of sp³-hybridized carbons (Fsp3) is 0.364. The van der Waals surface area contributed by atoms with Crippen molar-refractivity contribution in [1.29, 1.82) is 0 Å². The van der Waals surface area contributed by atoms with E-state index in [4.69, 9.17) is 9.52 Å². The Bertz CT molecular complexity index is 591. The number of rotatable bonds is 4. The maximum absolute atomic E-state index is 10.6. The third kappa shape index (κ3) is 2.40. The highest BCUT2D eigenvalue weighted by Crippen LogP contribution is 2.24. The molecule has 7 heteroatoms. The number of aromatic nitrogens is 1. The molecule has 0 fully saturated rings. The number of aliphatic hydroxyl groups excluding tert-OH is 1. The number of hydrogen-bond acceptors (Lipinski definition) is 6. The molecule has 18 heavy (non-hydrogen) atoms. The molecule has 0 saturated carbocycles. The van der Waals surface area contributed by atoms with Crippen molar-refractivity contribution in [2.24, 2.45) is 0 Å². The molecule has 0 aliphatic carbocycles. The average molecular weight is 251 g/mol. The van der Waals surface area contributed by atoms with Crippen LogP contribution in [0.15, 0.2) is 22.6 Å². The van der Waals surface area contributed by atoms with Crippen LogP contribution in [0.3, 0.4) is 0 Å². The highest BCUT2D eigenvalue weighted by Gasteiger charge is 2.19. The van der Waals surface area contributed by atoms with Gasteiger partial charge in [-0.2, -0.15) is 4.98 Å². The summed E-state index contributed by atoms with van der Waals surface area (Å²) in [6.45, 7) is 3.47. The van der Waals surface area contributed by atoms with Crippen LogP contribution in [0.5, 0.6) is 0 Å². The smallest absolute Gasteiger partial charge is 0.296 e. The summed E-state index contributed by atoms with van der Waals surface area (Å²) in [6, 6.07) is 4.42. The van der Waals surface area contributed by atoms with Gasteiger partial charge in [-0.25, -0.2) is 0 Å². The number of benzene rings is 1. The van der Waals surface area contributed by atoms with Crippen molar-refractivity contribution in [2.45, 2.75) is 19.4 Å². The van der Waals surface area contributed by atoms with Crippen LogP contribution in [-0.4, -0.2) is 27.2 Å². The average Bonchev–Trinajstić information content (AvgIpc) is 2.68. The maximum Gasteiger partial charge on any atom is 0.296 e. The molecule has 0 unspecified atom stereocenters. The summed E-state index contributed by atoms with van der Waals surface area (Å²) in [7, 11) is 0. The molecule has 96 valence electrons. The largest absolute Gasteiger partial charge is 0.424 e. The van der Waals surface area contributed by atoms with Crippen LogP contribution in [0, 0.1) is 10.1 Å². The number of nitrogens with one attached hydrogen (secondary N) is 1. The summed E-state index contributed by atoms with van der Waals surface area (Å²) >= 11 is 0. The van der Waals surface area contributed by atoms with E-state index in [2.05, 4.69) is 10.3 Å². The van der Waals surface area contributed by atoms with E-state index in [1.165, 1.54) is 18.2 Å². The molecule has 0 radical (unpaired) electrons. The van der Waals surface area contributed by atoms with E-state index in [1.54, 1.807) is 13.8 Å². The number of hydrogen-bond donors (Lipinski definition) is 2. The zero-order chi connectivity index (χ0) is 13.3. The number of nitro groups is 1. The lowest BCUT2D eigenvalue weighted by atomic mass is 10.1. The third-order valence-electron chi connectivity index (χ3n) is 2.42. The summed E-state index contributed by atoms with van der Waals surface area (Å²) in [6.07, 6.45) is 0. The van der Waals surface area contributed by atoms with Crippen LogP contribution in [-0.2, 0) is 0 Å². The van der Waals surface area contributed by atoms with Gasteiger partial charge in [-0.15, -0.1) is 0 Å². The normalized spacial score (nSPS) is 11.7. The molecule has 2 N–H and O–H groups in total. The lowest BCUT2D eigenvalue weighted by Gasteiger charge is -2.21. The van der Waals surface area contributed by atoms with Crippen molar-refractivity contribution in [2.75, 3.05) is 11.9 Å². The first-order chi connectivity index (χ1) is 8.41. The van der Waals surface area contributed by atoms with Gasteiger partial charge in [0.2, 0.25) is 0 Å². The Morgan fingerprint density at radius 3 is 2.89 bits per heavy atom. The van der Waals surface area contributed by atoms with Crippen LogP contribution in [0.25, 0.3) is 11.1 Å². The monoisotopic (exact) mass is 251 g/mol. The lowest BCUT2D eigenvalue weighted by molar-refractivity contribution is -0.384. The second kappa shape index (κ2) is 4.26. The first-order valence-corrected chi connectivity index (χ1v) is 5.35. The Balaban J connectivity index is 2.35. The molecule has 0 aliphatic heterocycles. The summed E-state index contributed by atoms with van der Waals surface area (Å²) in [5, 5.41) is 22.7. The van der Waals surface area contributed by atoms with E-state index in [1.807, 2.05) is 0 Å². The molecule has 1 aromatic heterocycles. The second-order valence-electron chi connectivity index (χ2n) is 4.60. The number of anilines is 1. The number of nitrogens with zero attached hydrogens (tertiary/aromatic N) is 2. The van der Waals surface area contributed by atoms with E-state index < -0.39 is 10.5 Å². The van der Waals surface area contributed by atoms with Crippen LogP contribution < -0.4 is 5.32 Å². The van der Waals surface area contributed by atoms with Crippen LogP contribution in [0.2, 0.25) is 0 Å². The number of nitro benzene ring substituents is 1. The third-order valence-corrected chi connectivity index (χ3v) is 2.42. The Morgan fingerprint density at radius 2 is 2.28 bits per heavy atom. The molecule has 0 aliphatic rings. The van der Waals surface area contributed by atoms with Crippen molar-refractivity contribution in [3.8, 4) is 0 Å². The maximum atomic E-state index is 10.6. The number of fused-ring (bicyclic) bond motifs is 1. The molecule has 0 bridgehead atoms. The summed E-state index contributed by atoms with van der Waals surface area (Å²) in [5.74, 6) is 0. The van der Waals surface area contributed by atoms with E-state index in [0.717, 1.165) is 0 Å². The zero-order valence-electron chi connectivity index (χ0n) is 10.0. The number of oxazole rings is 1. The fourth-order valence-electron chi connectivity index (χ4n) is 1.41.